The lowest BCUT2D eigenvalue weighted by molar-refractivity contribution is -0.125. The second-order valence-electron chi connectivity index (χ2n) is 9.52. The minimum Gasteiger partial charge on any atom is -0.444 e. The molecular formula is C26H32F2N6O3. The number of unbranched alkanes of at least 4 members (excludes halogenated alkanes) is 1. The fourth-order valence-electron chi connectivity index (χ4n) is 3.61. The van der Waals surface area contributed by atoms with Crippen molar-refractivity contribution in [2.75, 3.05) is 30.8 Å². The number of likely N-dealkylation sites (tertiary alicyclic amines) is 1. The summed E-state index contributed by atoms with van der Waals surface area (Å²) in [6.45, 7) is 5.32. The minimum atomic E-state index is -1.27. The third-order valence-corrected chi connectivity index (χ3v) is 5.31. The summed E-state index contributed by atoms with van der Waals surface area (Å²) >= 11 is 0. The Morgan fingerprint density at radius 1 is 1.24 bits per heavy atom. The molecule has 0 unspecified atom stereocenters. The van der Waals surface area contributed by atoms with Gasteiger partial charge in [0, 0.05) is 32.1 Å². The van der Waals surface area contributed by atoms with Gasteiger partial charge in [-0.3, -0.25) is 9.69 Å². The maximum atomic E-state index is 14.0. The molecule has 1 aromatic heterocycles. The highest BCUT2D eigenvalue weighted by atomic mass is 19.1. The maximum Gasteiger partial charge on any atom is 0.411 e. The van der Waals surface area contributed by atoms with Gasteiger partial charge in [0.05, 0.1) is 18.3 Å². The first-order chi connectivity index (χ1) is 17.6. The van der Waals surface area contributed by atoms with E-state index in [4.69, 9.17) is 4.74 Å². The van der Waals surface area contributed by atoms with Crippen LogP contribution in [0, 0.1) is 17.7 Å². The standard InChI is InChI=1S/C26H32F2N6O3/c1-26(2,3)37-25(36)34-16-19(28)14-21(34)23(35)30-13-7-5-6-8-17-15-31-24(33-22(17)29-4)32-20-11-9-18(27)10-12-20/h9-12,15,19,21H,5,7,13-14,16H2,1-4H3,(H,30,35)(H2,29,31,32,33)/t19-,21+/m1/s1. The molecule has 11 heteroatoms. The molecule has 0 aliphatic carbocycles. The van der Waals surface area contributed by atoms with E-state index in [1.54, 1.807) is 46.1 Å². The molecule has 1 fully saturated rings. The minimum absolute atomic E-state index is 0.0519. The lowest BCUT2D eigenvalue weighted by Gasteiger charge is -2.27. The van der Waals surface area contributed by atoms with E-state index in [1.165, 1.54) is 12.1 Å². The van der Waals surface area contributed by atoms with Crippen LogP contribution in [0.25, 0.3) is 0 Å². The number of benzene rings is 1. The van der Waals surface area contributed by atoms with Crippen LogP contribution < -0.4 is 16.0 Å². The van der Waals surface area contributed by atoms with Gasteiger partial charge in [0.1, 0.15) is 29.4 Å². The first-order valence-corrected chi connectivity index (χ1v) is 12.0. The Balaban J connectivity index is 1.48. The average molecular weight is 515 g/mol. The number of hydrogen-bond acceptors (Lipinski definition) is 7. The number of rotatable bonds is 7. The predicted molar refractivity (Wildman–Crippen MR) is 137 cm³/mol. The molecule has 2 aromatic rings. The van der Waals surface area contributed by atoms with Crippen LogP contribution >= 0.6 is 0 Å². The topological polar surface area (TPSA) is 108 Å². The van der Waals surface area contributed by atoms with Gasteiger partial charge in [0.2, 0.25) is 11.9 Å². The molecule has 1 aromatic carbocycles. The monoisotopic (exact) mass is 514 g/mol. The first kappa shape index (κ1) is 27.6. The van der Waals surface area contributed by atoms with Gasteiger partial charge < -0.3 is 20.7 Å². The van der Waals surface area contributed by atoms with Crippen molar-refractivity contribution < 1.29 is 23.1 Å². The molecule has 198 valence electrons. The van der Waals surface area contributed by atoms with Crippen LogP contribution in [-0.2, 0) is 9.53 Å². The molecule has 3 rings (SSSR count). The summed E-state index contributed by atoms with van der Waals surface area (Å²) < 4.78 is 32.3. The SMILES string of the molecule is CNc1nc(Nc2ccc(F)cc2)ncc1C#CCCCNC(=O)[C@@H]1C[C@@H](F)CN1C(=O)OC(C)(C)C. The second kappa shape index (κ2) is 12.3. The molecule has 3 N–H and O–H groups in total. The summed E-state index contributed by atoms with van der Waals surface area (Å²) in [6, 6.07) is 4.95. The van der Waals surface area contributed by atoms with Crippen LogP contribution in [-0.4, -0.2) is 64.8 Å². The fourth-order valence-corrected chi connectivity index (χ4v) is 3.61. The molecule has 0 spiro atoms. The summed E-state index contributed by atoms with van der Waals surface area (Å²) in [5.41, 5.74) is 0.519. The summed E-state index contributed by atoms with van der Waals surface area (Å²) in [4.78, 5) is 34.7. The lowest BCUT2D eigenvalue weighted by Crippen LogP contribution is -2.47. The molecule has 0 saturated carbocycles. The van der Waals surface area contributed by atoms with E-state index < -0.39 is 29.8 Å². The van der Waals surface area contributed by atoms with Crippen molar-refractivity contribution in [1.82, 2.24) is 20.2 Å². The number of anilines is 3. The number of alkyl halides is 1. The summed E-state index contributed by atoms with van der Waals surface area (Å²) in [6.07, 6.45) is 0.624. The number of aromatic nitrogens is 2. The number of carbonyl (C=O) groups is 2. The highest BCUT2D eigenvalue weighted by molar-refractivity contribution is 5.86. The number of hydrogen-bond donors (Lipinski definition) is 3. The van der Waals surface area contributed by atoms with E-state index in [1.807, 2.05) is 0 Å². The number of nitrogens with zero attached hydrogens (tertiary/aromatic N) is 3. The van der Waals surface area contributed by atoms with Gasteiger partial charge in [-0.1, -0.05) is 11.8 Å². The number of halogens is 2. The van der Waals surface area contributed by atoms with Crippen LogP contribution in [0.5, 0.6) is 0 Å². The Labute approximate surface area is 215 Å². The quantitative estimate of drug-likeness (QED) is 0.379. The van der Waals surface area contributed by atoms with Crippen molar-refractivity contribution in [2.45, 2.75) is 57.8 Å². The zero-order chi connectivity index (χ0) is 27.0. The van der Waals surface area contributed by atoms with Crippen molar-refractivity contribution in [3.8, 4) is 11.8 Å². The molecule has 2 amide bonds. The summed E-state index contributed by atoms with van der Waals surface area (Å²) in [5, 5.41) is 8.73. The molecular weight excluding hydrogens is 482 g/mol. The third-order valence-electron chi connectivity index (χ3n) is 5.31. The van der Waals surface area contributed by atoms with E-state index in [0.29, 0.717) is 42.4 Å². The van der Waals surface area contributed by atoms with Gasteiger partial charge in [0.25, 0.3) is 0 Å². The molecule has 9 nitrogen and oxygen atoms in total. The zero-order valence-corrected chi connectivity index (χ0v) is 21.4. The molecule has 2 atom stereocenters. The maximum absolute atomic E-state index is 14.0. The first-order valence-electron chi connectivity index (χ1n) is 12.0. The zero-order valence-electron chi connectivity index (χ0n) is 21.4. The predicted octanol–water partition coefficient (Wildman–Crippen LogP) is 4.00. The third kappa shape index (κ3) is 8.31. The normalized spacial score (nSPS) is 17.0. The van der Waals surface area contributed by atoms with E-state index in [9.17, 15) is 18.4 Å². The lowest BCUT2D eigenvalue weighted by atomic mass is 10.2. The van der Waals surface area contributed by atoms with E-state index in [-0.39, 0.29) is 18.8 Å². The van der Waals surface area contributed by atoms with Crippen LogP contribution in [0.1, 0.15) is 45.6 Å². The van der Waals surface area contributed by atoms with Gasteiger partial charge >= 0.3 is 6.09 Å². The van der Waals surface area contributed by atoms with Crippen molar-refractivity contribution in [1.29, 1.82) is 0 Å². The van der Waals surface area contributed by atoms with E-state index >= 15 is 0 Å². The van der Waals surface area contributed by atoms with Crippen LogP contribution in [0.2, 0.25) is 0 Å². The van der Waals surface area contributed by atoms with Gasteiger partial charge in [-0.05, 0) is 51.5 Å². The molecule has 1 aliphatic rings. The summed E-state index contributed by atoms with van der Waals surface area (Å²) in [7, 11) is 1.72. The van der Waals surface area contributed by atoms with Crippen molar-refractivity contribution in [3.05, 3.63) is 41.8 Å². The van der Waals surface area contributed by atoms with Gasteiger partial charge in [-0.2, -0.15) is 4.98 Å². The highest BCUT2D eigenvalue weighted by Gasteiger charge is 2.41. The van der Waals surface area contributed by atoms with E-state index in [0.717, 1.165) is 4.90 Å². The van der Waals surface area contributed by atoms with Gasteiger partial charge in [0.15, 0.2) is 0 Å². The highest BCUT2D eigenvalue weighted by Crippen LogP contribution is 2.23. The van der Waals surface area contributed by atoms with E-state index in [2.05, 4.69) is 37.8 Å². The number of nitrogens with one attached hydrogen (secondary N) is 3. The largest absolute Gasteiger partial charge is 0.444 e. The van der Waals surface area contributed by atoms with Crippen LogP contribution in [0.3, 0.4) is 0 Å². The van der Waals surface area contributed by atoms with Gasteiger partial charge in [-0.15, -0.1) is 0 Å². The Morgan fingerprint density at radius 3 is 2.65 bits per heavy atom. The fraction of sp³-hybridized carbons (Fsp3) is 0.462. The Kier molecular flexibility index (Phi) is 9.22. The van der Waals surface area contributed by atoms with Crippen LogP contribution in [0.15, 0.2) is 30.5 Å². The van der Waals surface area contributed by atoms with Crippen molar-refractivity contribution in [3.63, 3.8) is 0 Å². The average Bonchev–Trinajstić information content (AvgIpc) is 3.24. The van der Waals surface area contributed by atoms with Crippen molar-refractivity contribution >= 4 is 29.5 Å². The Bertz CT molecular complexity index is 1160. The molecule has 0 radical (unpaired) electrons. The Hall–Kier alpha value is -3.94. The Morgan fingerprint density at radius 2 is 1.97 bits per heavy atom. The second-order valence-corrected chi connectivity index (χ2v) is 9.52. The number of amides is 2. The molecule has 2 heterocycles. The molecule has 1 saturated heterocycles. The van der Waals surface area contributed by atoms with Crippen LogP contribution in [0.4, 0.5) is 31.0 Å². The molecule has 0 bridgehead atoms. The van der Waals surface area contributed by atoms with Gasteiger partial charge in [-0.25, -0.2) is 18.6 Å². The summed E-state index contributed by atoms with van der Waals surface area (Å²) in [5.74, 6) is 6.17. The molecule has 37 heavy (non-hydrogen) atoms. The number of ether oxygens (including phenoxy) is 1. The smallest absolute Gasteiger partial charge is 0.411 e. The molecule has 1 aliphatic heterocycles. The van der Waals surface area contributed by atoms with Crippen molar-refractivity contribution in [2.24, 2.45) is 0 Å². The number of carbonyl (C=O) groups excluding carboxylic acids is 2.